The van der Waals surface area contributed by atoms with Crippen molar-refractivity contribution in [3.05, 3.63) is 36.3 Å². The largest absolute Gasteiger partial charge is 0.357 e. The highest BCUT2D eigenvalue weighted by Crippen LogP contribution is 2.03. The number of aromatic nitrogens is 1. The molecular weight excluding hydrogens is 242 g/mol. The number of hydrogen-bond donors (Lipinski definition) is 0. The van der Waals surface area contributed by atoms with Crippen LogP contribution in [0.1, 0.15) is 25.8 Å². The summed E-state index contributed by atoms with van der Waals surface area (Å²) in [5.41, 5.74) is 0.892. The van der Waals surface area contributed by atoms with Crippen LogP contribution < -0.4 is 0 Å². The second kappa shape index (κ2) is 10.3. The smallest absolute Gasteiger partial charge is 0.159 e. The normalized spacial score (nSPS) is 8.79. The van der Waals surface area contributed by atoms with E-state index in [9.17, 15) is 0 Å². The van der Waals surface area contributed by atoms with Crippen molar-refractivity contribution < 1.29 is 4.52 Å². The van der Waals surface area contributed by atoms with Crippen molar-refractivity contribution in [1.29, 1.82) is 0 Å². The molecule has 1 aromatic rings. The van der Waals surface area contributed by atoms with Crippen LogP contribution >= 0.6 is 15.9 Å². The lowest BCUT2D eigenvalue weighted by molar-refractivity contribution is 0.408. The summed E-state index contributed by atoms with van der Waals surface area (Å²) >= 11 is 3.15. The average molecular weight is 260 g/mol. The van der Waals surface area contributed by atoms with Crippen LogP contribution in [-0.2, 0) is 0 Å². The highest BCUT2D eigenvalue weighted by Gasteiger charge is 1.92. The van der Waals surface area contributed by atoms with Crippen molar-refractivity contribution >= 4 is 22.0 Å². The number of nitrogens with zero attached hydrogens (tertiary/aromatic N) is 1. The van der Waals surface area contributed by atoms with Crippen LogP contribution in [0, 0.1) is 6.92 Å². The molecule has 0 saturated heterocycles. The van der Waals surface area contributed by atoms with E-state index in [4.69, 9.17) is 4.52 Å². The highest BCUT2D eigenvalue weighted by molar-refractivity contribution is 9.09. The average Bonchev–Trinajstić information content (AvgIpc) is 2.49. The first kappa shape index (κ1) is 15.6. The van der Waals surface area contributed by atoms with Crippen molar-refractivity contribution in [2.45, 2.75) is 21.3 Å². The number of halogens is 1. The molecule has 14 heavy (non-hydrogen) atoms. The van der Waals surface area contributed by atoms with Gasteiger partial charge in [-0.3, -0.25) is 0 Å². The summed E-state index contributed by atoms with van der Waals surface area (Å²) < 4.78 is 4.88. The summed E-state index contributed by atoms with van der Waals surface area (Å²) in [6, 6.07) is 1.86. The quantitative estimate of drug-likeness (QED) is 0.587. The van der Waals surface area contributed by atoms with E-state index in [0.29, 0.717) is 0 Å². The third kappa shape index (κ3) is 7.80. The van der Waals surface area contributed by atoms with Gasteiger partial charge in [-0.05, 0) is 13.0 Å². The molecule has 0 unspecified atom stereocenters. The molecule has 0 aliphatic rings. The lowest BCUT2D eigenvalue weighted by Gasteiger charge is -1.74. The molecule has 0 atom stereocenters. The summed E-state index contributed by atoms with van der Waals surface area (Å²) in [5.74, 6) is 0.761. The van der Waals surface area contributed by atoms with E-state index >= 15 is 0 Å². The molecule has 0 aliphatic heterocycles. The van der Waals surface area contributed by atoms with Crippen molar-refractivity contribution in [2.75, 3.05) is 5.33 Å². The molecule has 0 amide bonds. The van der Waals surface area contributed by atoms with Crippen LogP contribution in [0.15, 0.2) is 29.3 Å². The topological polar surface area (TPSA) is 26.0 Å². The van der Waals surface area contributed by atoms with Crippen LogP contribution in [-0.4, -0.2) is 10.5 Å². The maximum Gasteiger partial charge on any atom is 0.159 e. The molecule has 0 N–H and O–H groups in total. The van der Waals surface area contributed by atoms with Crippen molar-refractivity contribution in [3.63, 3.8) is 0 Å². The van der Waals surface area contributed by atoms with Gasteiger partial charge in [0.1, 0.15) is 0 Å². The van der Waals surface area contributed by atoms with Gasteiger partial charge >= 0.3 is 0 Å². The fourth-order valence-corrected chi connectivity index (χ4v) is 0.625. The Bertz CT molecular complexity index is 266. The first-order valence-corrected chi connectivity index (χ1v) is 5.15. The predicted molar refractivity (Wildman–Crippen MR) is 66.7 cm³/mol. The van der Waals surface area contributed by atoms with Gasteiger partial charge in [-0.1, -0.05) is 54.2 Å². The van der Waals surface area contributed by atoms with E-state index in [0.717, 1.165) is 16.8 Å². The fourth-order valence-electron chi connectivity index (χ4n) is 0.625. The van der Waals surface area contributed by atoms with E-state index in [1.54, 1.807) is 12.2 Å². The Morgan fingerprint density at radius 3 is 2.57 bits per heavy atom. The molecule has 1 rings (SSSR count). The summed E-state index contributed by atoms with van der Waals surface area (Å²) in [7, 11) is 0. The molecule has 1 aromatic heterocycles. The molecule has 3 heteroatoms. The van der Waals surface area contributed by atoms with Gasteiger partial charge in [0.25, 0.3) is 0 Å². The molecule has 0 bridgehead atoms. The van der Waals surface area contributed by atoms with Gasteiger partial charge in [-0.2, -0.15) is 0 Å². The molecular formula is C11H18BrNO. The molecule has 0 spiro atoms. The summed E-state index contributed by atoms with van der Waals surface area (Å²) in [4.78, 5) is 0. The maximum atomic E-state index is 4.88. The standard InChI is InChI=1S/C8H9NO.C2H5Br.CH4/c1-3-4-5-8-6-7(2)9-10-8;1-2-3;/h3-6H,1H2,2H3;2H2,1H3;1H4/b5-4+;;. The Labute approximate surface area is 94.8 Å². The Kier molecular flexibility index (Phi) is 11.4. The van der Waals surface area contributed by atoms with E-state index in [1.807, 2.05) is 26.0 Å². The molecule has 0 fully saturated rings. The maximum absolute atomic E-state index is 4.88. The molecule has 0 aliphatic carbocycles. The Morgan fingerprint density at radius 2 is 2.21 bits per heavy atom. The molecule has 1 heterocycles. The van der Waals surface area contributed by atoms with Crippen LogP contribution in [0.3, 0.4) is 0 Å². The zero-order valence-electron chi connectivity index (χ0n) is 7.96. The van der Waals surface area contributed by atoms with Crippen LogP contribution in [0.4, 0.5) is 0 Å². The minimum Gasteiger partial charge on any atom is -0.357 e. The minimum absolute atomic E-state index is 0. The number of aryl methyl sites for hydroxylation is 1. The lowest BCUT2D eigenvalue weighted by atomic mass is 10.3. The van der Waals surface area contributed by atoms with Gasteiger partial charge in [0, 0.05) is 11.4 Å². The van der Waals surface area contributed by atoms with Gasteiger partial charge in [0.2, 0.25) is 0 Å². The fraction of sp³-hybridized carbons (Fsp3) is 0.364. The van der Waals surface area contributed by atoms with E-state index in [-0.39, 0.29) is 7.43 Å². The van der Waals surface area contributed by atoms with E-state index in [1.165, 1.54) is 0 Å². The number of alkyl halides is 1. The Hall–Kier alpha value is -0.830. The molecule has 0 aromatic carbocycles. The Balaban J connectivity index is 0. The monoisotopic (exact) mass is 259 g/mol. The van der Waals surface area contributed by atoms with Gasteiger partial charge in [0.15, 0.2) is 5.76 Å². The van der Waals surface area contributed by atoms with Gasteiger partial charge < -0.3 is 4.52 Å². The summed E-state index contributed by atoms with van der Waals surface area (Å²) in [6.45, 7) is 7.46. The van der Waals surface area contributed by atoms with Crippen molar-refractivity contribution in [2.24, 2.45) is 0 Å². The molecule has 2 nitrogen and oxygen atoms in total. The minimum atomic E-state index is 0. The number of hydrogen-bond acceptors (Lipinski definition) is 2. The van der Waals surface area contributed by atoms with Crippen molar-refractivity contribution in [1.82, 2.24) is 5.16 Å². The van der Waals surface area contributed by atoms with Gasteiger partial charge in [0.05, 0.1) is 5.69 Å². The zero-order chi connectivity index (χ0) is 10.1. The van der Waals surface area contributed by atoms with E-state index in [2.05, 4.69) is 27.7 Å². The van der Waals surface area contributed by atoms with Gasteiger partial charge in [-0.25, -0.2) is 0 Å². The second-order valence-electron chi connectivity index (χ2n) is 2.23. The summed E-state index contributed by atoms with van der Waals surface area (Å²) in [6.07, 6.45) is 5.31. The third-order valence-corrected chi connectivity index (χ3v) is 1.04. The molecule has 0 saturated carbocycles. The predicted octanol–water partition coefficient (Wildman–Crippen LogP) is 4.22. The highest BCUT2D eigenvalue weighted by atomic mass is 79.9. The molecule has 0 radical (unpaired) electrons. The third-order valence-electron chi connectivity index (χ3n) is 1.04. The first-order valence-electron chi connectivity index (χ1n) is 4.03. The zero-order valence-corrected chi connectivity index (χ0v) is 9.54. The number of allylic oxidation sites excluding steroid dienone is 2. The Morgan fingerprint density at radius 1 is 1.64 bits per heavy atom. The van der Waals surface area contributed by atoms with Crippen LogP contribution in [0.25, 0.3) is 6.08 Å². The first-order chi connectivity index (χ1) is 6.24. The molecule has 80 valence electrons. The van der Waals surface area contributed by atoms with Crippen molar-refractivity contribution in [3.8, 4) is 0 Å². The van der Waals surface area contributed by atoms with Crippen LogP contribution in [0.2, 0.25) is 0 Å². The van der Waals surface area contributed by atoms with E-state index < -0.39 is 0 Å². The van der Waals surface area contributed by atoms with Gasteiger partial charge in [-0.15, -0.1) is 0 Å². The lowest BCUT2D eigenvalue weighted by Crippen LogP contribution is -1.60. The SMILES string of the molecule is C.C=C/C=C/c1cc(C)no1.CCBr. The van der Waals surface area contributed by atoms with Crippen LogP contribution in [0.5, 0.6) is 0 Å². The second-order valence-corrected chi connectivity index (χ2v) is 3.35. The number of rotatable bonds is 2. The summed E-state index contributed by atoms with van der Waals surface area (Å²) in [5, 5.41) is 4.77.